The van der Waals surface area contributed by atoms with Gasteiger partial charge in [0.15, 0.2) is 6.29 Å². The van der Waals surface area contributed by atoms with E-state index in [1.807, 2.05) is 56.0 Å². The Morgan fingerprint density at radius 1 is 0.875 bits per heavy atom. The van der Waals surface area contributed by atoms with Gasteiger partial charge in [0.1, 0.15) is 36.0 Å². The van der Waals surface area contributed by atoms with Gasteiger partial charge in [0, 0.05) is 51.2 Å². The first kappa shape index (κ1) is 60.2. The van der Waals surface area contributed by atoms with Gasteiger partial charge in [0.25, 0.3) is 0 Å². The van der Waals surface area contributed by atoms with E-state index in [1.165, 1.54) is 11.8 Å². The van der Waals surface area contributed by atoms with Crippen LogP contribution in [-0.4, -0.2) is 151 Å². The highest BCUT2D eigenvalue weighted by molar-refractivity contribution is 5.88. The number of halogens is 2. The van der Waals surface area contributed by atoms with Crippen molar-refractivity contribution >= 4 is 47.0 Å². The normalized spacial score (nSPS) is 16.6. The van der Waals surface area contributed by atoms with Crippen LogP contribution in [0.15, 0.2) is 54.7 Å². The summed E-state index contributed by atoms with van der Waals surface area (Å²) in [6.07, 6.45) is -1.14. The molecular formula is C49H73F2N9O12. The molecule has 0 aromatic heterocycles. The average Bonchev–Trinajstić information content (AvgIpc) is 3.69. The number of carboxylic acid groups (broad SMARTS) is 1. The van der Waals surface area contributed by atoms with Crippen molar-refractivity contribution in [3.8, 4) is 0 Å². The third-order valence-electron chi connectivity index (χ3n) is 12.2. The van der Waals surface area contributed by atoms with Crippen molar-refractivity contribution in [1.29, 1.82) is 0 Å². The molecule has 1 heterocycles. The number of nitrogens with two attached hydrogens (primary N) is 2. The smallest absolute Gasteiger partial charge is 0.326 e. The molecule has 23 heteroatoms. The van der Waals surface area contributed by atoms with Crippen molar-refractivity contribution in [1.82, 2.24) is 36.4 Å². The highest BCUT2D eigenvalue weighted by Gasteiger charge is 2.45. The summed E-state index contributed by atoms with van der Waals surface area (Å²) < 4.78 is 30.0. The average molecular weight is 1020 g/mol. The highest BCUT2D eigenvalue weighted by Crippen LogP contribution is 2.40. The van der Waals surface area contributed by atoms with Crippen LogP contribution in [0.1, 0.15) is 104 Å². The number of rotatable bonds is 30. The molecule has 0 aliphatic carbocycles. The van der Waals surface area contributed by atoms with Gasteiger partial charge in [-0.15, -0.1) is 0 Å². The molecule has 2 unspecified atom stereocenters. The van der Waals surface area contributed by atoms with Crippen LogP contribution in [0, 0.1) is 17.0 Å². The first-order chi connectivity index (χ1) is 33.8. The van der Waals surface area contributed by atoms with Crippen molar-refractivity contribution in [2.45, 2.75) is 147 Å². The predicted molar refractivity (Wildman–Crippen MR) is 260 cm³/mol. The topological polar surface area (TPSA) is 339 Å². The van der Waals surface area contributed by atoms with Gasteiger partial charge in [0.2, 0.25) is 35.4 Å². The van der Waals surface area contributed by atoms with Gasteiger partial charge >= 0.3 is 5.97 Å². The van der Waals surface area contributed by atoms with Crippen molar-refractivity contribution in [3.63, 3.8) is 0 Å². The van der Waals surface area contributed by atoms with Gasteiger partial charge in [-0.25, -0.2) is 13.6 Å². The van der Waals surface area contributed by atoms with E-state index in [-0.39, 0.29) is 50.8 Å². The molecule has 1 aliphatic heterocycles. The largest absolute Gasteiger partial charge is 0.480 e. The van der Waals surface area contributed by atoms with Crippen LogP contribution >= 0.6 is 0 Å². The summed E-state index contributed by atoms with van der Waals surface area (Å²) in [5.41, 5.74) is 9.30. The Bertz CT molecular complexity index is 2190. The number of carboxylic acids is 1. The lowest BCUT2D eigenvalue weighted by atomic mass is 9.78. The van der Waals surface area contributed by atoms with Gasteiger partial charge in [-0.2, -0.15) is 0 Å². The first-order valence-electron chi connectivity index (χ1n) is 23.9. The SMILES string of the molecule is CC(=O)N[C@@H](CCCCN)C(=O)N[C@@H](CC(N)=O)C(C)(O)N[C@@H](CCN(C(=O)CO)[C@@H](C1CC(c2cc(F)ccc2F)=CN1Cc1ccccc1)C(C)(C)C)C(=O)NCCC(=O)N[C@H](CCC(O)O)C(=O)O. The molecule has 0 saturated heterocycles. The van der Waals surface area contributed by atoms with Crippen LogP contribution in [-0.2, 0) is 40.1 Å². The molecule has 2 aromatic carbocycles. The molecule has 1 aliphatic rings. The Hall–Kier alpha value is -6.11. The van der Waals surface area contributed by atoms with E-state index in [2.05, 4.69) is 26.6 Å². The molecule has 72 heavy (non-hydrogen) atoms. The van der Waals surface area contributed by atoms with Crippen LogP contribution in [0.2, 0.25) is 0 Å². The zero-order valence-electron chi connectivity index (χ0n) is 41.5. The van der Waals surface area contributed by atoms with E-state index in [1.54, 1.807) is 6.20 Å². The zero-order chi connectivity index (χ0) is 53.9. The predicted octanol–water partition coefficient (Wildman–Crippen LogP) is 0.0331. The number of carbonyl (C=O) groups excluding carboxylic acids is 6. The minimum absolute atomic E-state index is 0.0131. The molecule has 7 atom stereocenters. The van der Waals surface area contributed by atoms with Crippen LogP contribution < -0.4 is 38.1 Å². The van der Waals surface area contributed by atoms with Crippen LogP contribution in [0.3, 0.4) is 0 Å². The van der Waals surface area contributed by atoms with Crippen molar-refractivity contribution < 1.29 is 67.9 Å². The number of primary amides is 1. The minimum Gasteiger partial charge on any atom is -0.480 e. The van der Waals surface area contributed by atoms with E-state index in [9.17, 15) is 63.5 Å². The summed E-state index contributed by atoms with van der Waals surface area (Å²) in [6, 6.07) is 5.16. The number of unbranched alkanes of at least 4 members (excludes halogenated alkanes) is 1. The fourth-order valence-corrected chi connectivity index (χ4v) is 8.75. The monoisotopic (exact) mass is 1020 g/mol. The number of aliphatic hydroxyl groups excluding tert-OH is 2. The van der Waals surface area contributed by atoms with E-state index < -0.39 is 133 Å². The number of hydrogen-bond donors (Lipinski definition) is 12. The Balaban J connectivity index is 2.08. The quantitative estimate of drug-likeness (QED) is 0.0363. The van der Waals surface area contributed by atoms with Crippen molar-refractivity contribution in [2.24, 2.45) is 16.9 Å². The van der Waals surface area contributed by atoms with E-state index in [0.717, 1.165) is 30.7 Å². The second-order valence-electron chi connectivity index (χ2n) is 19.2. The molecule has 21 nitrogen and oxygen atoms in total. The fourth-order valence-electron chi connectivity index (χ4n) is 8.75. The lowest BCUT2D eigenvalue weighted by Crippen LogP contribution is -2.66. The van der Waals surface area contributed by atoms with Crippen molar-refractivity contribution in [3.05, 3.63) is 77.5 Å². The molecule has 0 spiro atoms. The lowest BCUT2D eigenvalue weighted by molar-refractivity contribution is -0.142. The molecule has 400 valence electrons. The summed E-state index contributed by atoms with van der Waals surface area (Å²) in [5.74, 6) is -7.59. The van der Waals surface area contributed by atoms with Gasteiger partial charge in [-0.1, -0.05) is 51.1 Å². The number of nitrogens with one attached hydrogen (secondary N) is 5. The van der Waals surface area contributed by atoms with Gasteiger partial charge in [-0.3, -0.25) is 34.1 Å². The zero-order valence-corrected chi connectivity index (χ0v) is 41.5. The Labute approximate surface area is 418 Å². The van der Waals surface area contributed by atoms with E-state index in [0.29, 0.717) is 25.0 Å². The number of nitrogens with zero attached hydrogens (tertiary/aromatic N) is 2. The van der Waals surface area contributed by atoms with Gasteiger partial charge in [0.05, 0.1) is 30.6 Å². The standard InChI is InChI=1S/C49H73F2N9O12/c1-29(62)55-35(13-9-10-20-52)46(69)57-39(25-40(53)63)49(5,72)58-36(45(68)54-21-18-41(64)56-37(47(70)71)16-17-43(66)67)19-22-60(42(65)28-61)44(48(2,3)4)38-23-31(33-24-32(50)14-15-34(33)51)27-59(38)26-30-11-7-6-8-12-30/h6-8,11-12,14-15,24,27,35-39,43-44,58,61,66-67,72H,9-10,13,16-23,25-26,28,52H2,1-5H3,(H2,53,63)(H,54,68)(H,55,62)(H,56,64)(H,57,69)(H,70,71)/t35-,36-,37+,38?,39-,44-,49?/m0/s1. The molecule has 2 aromatic rings. The third-order valence-corrected chi connectivity index (χ3v) is 12.2. The second-order valence-corrected chi connectivity index (χ2v) is 19.2. The minimum atomic E-state index is -2.38. The summed E-state index contributed by atoms with van der Waals surface area (Å²) in [5, 5.41) is 63.3. The number of amides is 6. The first-order valence-corrected chi connectivity index (χ1v) is 23.9. The highest BCUT2D eigenvalue weighted by atomic mass is 19.1. The molecular weight excluding hydrogens is 945 g/mol. The maximum Gasteiger partial charge on any atom is 0.326 e. The molecule has 14 N–H and O–H groups in total. The number of aliphatic hydroxyl groups is 4. The molecule has 0 saturated carbocycles. The Kier molecular flexibility index (Phi) is 23.6. The maximum absolute atomic E-state index is 15.4. The lowest BCUT2D eigenvalue weighted by Gasteiger charge is -2.47. The molecule has 0 radical (unpaired) electrons. The summed E-state index contributed by atoms with van der Waals surface area (Å²) in [7, 11) is 0. The summed E-state index contributed by atoms with van der Waals surface area (Å²) in [4.78, 5) is 94.5. The van der Waals surface area contributed by atoms with E-state index >= 15 is 4.39 Å². The second kappa shape index (κ2) is 28.2. The van der Waals surface area contributed by atoms with Gasteiger partial charge < -0.3 is 68.1 Å². The molecule has 0 fully saturated rings. The van der Waals surface area contributed by atoms with Gasteiger partial charge in [-0.05, 0) is 86.7 Å². The number of hydrogen-bond acceptors (Lipinski definition) is 14. The molecule has 6 amide bonds. The van der Waals surface area contributed by atoms with Crippen molar-refractivity contribution in [2.75, 3.05) is 26.2 Å². The molecule has 0 bridgehead atoms. The van der Waals surface area contributed by atoms with Crippen LogP contribution in [0.25, 0.3) is 5.57 Å². The maximum atomic E-state index is 15.4. The summed E-state index contributed by atoms with van der Waals surface area (Å²) >= 11 is 0. The Morgan fingerprint density at radius 2 is 1.56 bits per heavy atom. The van der Waals surface area contributed by atoms with Crippen LogP contribution in [0.4, 0.5) is 8.78 Å². The fraction of sp³-hybridized carbons (Fsp3) is 0.571. The third kappa shape index (κ3) is 19.1. The number of carbonyl (C=O) groups is 7. The number of benzene rings is 2. The number of aliphatic carboxylic acids is 1. The van der Waals surface area contributed by atoms with E-state index in [4.69, 9.17) is 11.5 Å². The molecule has 3 rings (SSSR count). The van der Waals surface area contributed by atoms with Crippen LogP contribution in [0.5, 0.6) is 0 Å². The Morgan fingerprint density at radius 3 is 2.14 bits per heavy atom. The summed E-state index contributed by atoms with van der Waals surface area (Å²) in [6.45, 7) is 6.74.